The monoisotopic (exact) mass is 249 g/mol. The summed E-state index contributed by atoms with van der Waals surface area (Å²) in [6, 6.07) is 0. The quantitative estimate of drug-likeness (QED) is 0.626. The molecule has 0 aromatic carbocycles. The van der Waals surface area contributed by atoms with E-state index in [9.17, 15) is 4.79 Å². The summed E-state index contributed by atoms with van der Waals surface area (Å²) in [6.45, 7) is 6.20. The van der Waals surface area contributed by atoms with Gasteiger partial charge in [0, 0.05) is 12.4 Å². The highest BCUT2D eigenvalue weighted by Gasteiger charge is 2.32. The third-order valence-corrected chi connectivity index (χ3v) is 3.97. The predicted molar refractivity (Wildman–Crippen MR) is 67.7 cm³/mol. The van der Waals surface area contributed by atoms with E-state index in [1.807, 2.05) is 13.8 Å². The van der Waals surface area contributed by atoms with E-state index in [4.69, 9.17) is 9.84 Å². The first kappa shape index (κ1) is 15.7. The standard InChI is InChI=1S/C11H23NO3S/c1-5-15-10(14)11(3,12-4)8-16-7-9(2)6-13/h9,12-13H,5-8H2,1-4H3. The number of rotatable bonds is 8. The molecular weight excluding hydrogens is 226 g/mol. The van der Waals surface area contributed by atoms with Gasteiger partial charge in [0.25, 0.3) is 0 Å². The lowest BCUT2D eigenvalue weighted by Crippen LogP contribution is -2.51. The molecular formula is C11H23NO3S. The lowest BCUT2D eigenvalue weighted by Gasteiger charge is -2.26. The van der Waals surface area contributed by atoms with Crippen LogP contribution in [0.4, 0.5) is 0 Å². The normalized spacial score (nSPS) is 16.6. The van der Waals surface area contributed by atoms with Crippen LogP contribution in [-0.2, 0) is 9.53 Å². The van der Waals surface area contributed by atoms with E-state index >= 15 is 0 Å². The molecule has 0 aromatic rings. The zero-order chi connectivity index (χ0) is 12.6. The molecule has 0 rings (SSSR count). The molecule has 0 saturated heterocycles. The van der Waals surface area contributed by atoms with Crippen molar-refractivity contribution >= 4 is 17.7 Å². The van der Waals surface area contributed by atoms with Gasteiger partial charge in [0.1, 0.15) is 5.54 Å². The number of carbonyl (C=O) groups excluding carboxylic acids is 1. The molecule has 96 valence electrons. The Labute approximate surface area is 102 Å². The highest BCUT2D eigenvalue weighted by molar-refractivity contribution is 7.99. The Hall–Kier alpha value is -0.260. The largest absolute Gasteiger partial charge is 0.465 e. The molecule has 0 aromatic heterocycles. The maximum absolute atomic E-state index is 11.7. The van der Waals surface area contributed by atoms with Crippen molar-refractivity contribution in [3.63, 3.8) is 0 Å². The van der Waals surface area contributed by atoms with Crippen LogP contribution >= 0.6 is 11.8 Å². The van der Waals surface area contributed by atoms with E-state index in [2.05, 4.69) is 5.32 Å². The molecule has 0 aliphatic rings. The first-order valence-electron chi connectivity index (χ1n) is 5.55. The van der Waals surface area contributed by atoms with Crippen molar-refractivity contribution in [2.45, 2.75) is 26.3 Å². The van der Waals surface area contributed by atoms with Gasteiger partial charge in [-0.15, -0.1) is 0 Å². The van der Waals surface area contributed by atoms with E-state index in [1.54, 1.807) is 25.7 Å². The van der Waals surface area contributed by atoms with E-state index in [-0.39, 0.29) is 18.5 Å². The molecule has 2 N–H and O–H groups in total. The maximum Gasteiger partial charge on any atom is 0.326 e. The molecule has 0 fully saturated rings. The molecule has 0 aliphatic carbocycles. The molecule has 0 amide bonds. The fraction of sp³-hybridized carbons (Fsp3) is 0.909. The van der Waals surface area contributed by atoms with Crippen LogP contribution in [0.25, 0.3) is 0 Å². The smallest absolute Gasteiger partial charge is 0.326 e. The zero-order valence-corrected chi connectivity index (χ0v) is 11.4. The molecule has 0 bridgehead atoms. The van der Waals surface area contributed by atoms with Gasteiger partial charge in [0.05, 0.1) is 6.61 Å². The number of aliphatic hydroxyl groups excluding tert-OH is 1. The van der Waals surface area contributed by atoms with Crippen molar-refractivity contribution in [2.24, 2.45) is 5.92 Å². The summed E-state index contributed by atoms with van der Waals surface area (Å²) in [6.07, 6.45) is 0. The van der Waals surface area contributed by atoms with Crippen molar-refractivity contribution < 1.29 is 14.6 Å². The lowest BCUT2D eigenvalue weighted by atomic mass is 10.1. The van der Waals surface area contributed by atoms with Gasteiger partial charge >= 0.3 is 5.97 Å². The highest BCUT2D eigenvalue weighted by Crippen LogP contribution is 2.17. The Morgan fingerprint density at radius 1 is 1.62 bits per heavy atom. The number of ether oxygens (including phenoxy) is 1. The van der Waals surface area contributed by atoms with Gasteiger partial charge in [-0.1, -0.05) is 6.92 Å². The molecule has 0 spiro atoms. The predicted octanol–water partition coefficient (Wildman–Crippen LogP) is 0.889. The summed E-state index contributed by atoms with van der Waals surface area (Å²) in [4.78, 5) is 11.7. The molecule has 5 heteroatoms. The first-order valence-corrected chi connectivity index (χ1v) is 6.70. The molecule has 4 nitrogen and oxygen atoms in total. The van der Waals surface area contributed by atoms with Crippen molar-refractivity contribution in [1.82, 2.24) is 5.32 Å². The second-order valence-electron chi connectivity index (χ2n) is 4.11. The average Bonchev–Trinajstić information content (AvgIpc) is 2.28. The number of hydrogen-bond donors (Lipinski definition) is 2. The van der Waals surface area contributed by atoms with Gasteiger partial charge in [-0.2, -0.15) is 11.8 Å². The van der Waals surface area contributed by atoms with Gasteiger partial charge in [0.15, 0.2) is 0 Å². The molecule has 2 unspecified atom stereocenters. The highest BCUT2D eigenvalue weighted by atomic mass is 32.2. The van der Waals surface area contributed by atoms with Crippen molar-refractivity contribution in [2.75, 3.05) is 31.8 Å². The number of thioether (sulfide) groups is 1. The minimum absolute atomic E-state index is 0.183. The second kappa shape index (κ2) is 7.92. The summed E-state index contributed by atoms with van der Waals surface area (Å²) in [5.74, 6) is 1.52. The number of carbonyl (C=O) groups is 1. The second-order valence-corrected chi connectivity index (χ2v) is 5.14. The first-order chi connectivity index (χ1) is 7.50. The van der Waals surface area contributed by atoms with E-state index in [0.29, 0.717) is 12.4 Å². The van der Waals surface area contributed by atoms with Crippen LogP contribution in [0.15, 0.2) is 0 Å². The van der Waals surface area contributed by atoms with Crippen molar-refractivity contribution in [3.8, 4) is 0 Å². The summed E-state index contributed by atoms with van der Waals surface area (Å²) in [7, 11) is 1.76. The van der Waals surface area contributed by atoms with Crippen LogP contribution in [0.5, 0.6) is 0 Å². The number of aliphatic hydroxyl groups is 1. The van der Waals surface area contributed by atoms with E-state index < -0.39 is 5.54 Å². The average molecular weight is 249 g/mol. The molecule has 0 aliphatic heterocycles. The Bertz CT molecular complexity index is 213. The van der Waals surface area contributed by atoms with Gasteiger partial charge in [-0.3, -0.25) is 4.79 Å². The lowest BCUT2D eigenvalue weighted by molar-refractivity contribution is -0.149. The van der Waals surface area contributed by atoms with Crippen molar-refractivity contribution in [1.29, 1.82) is 0 Å². The topological polar surface area (TPSA) is 58.6 Å². The number of nitrogens with one attached hydrogen (secondary N) is 1. The minimum Gasteiger partial charge on any atom is -0.465 e. The molecule has 0 radical (unpaired) electrons. The van der Waals surface area contributed by atoms with E-state index in [1.165, 1.54) is 0 Å². The molecule has 0 heterocycles. The zero-order valence-electron chi connectivity index (χ0n) is 10.6. The number of esters is 1. The third kappa shape index (κ3) is 5.18. The Morgan fingerprint density at radius 2 is 2.25 bits per heavy atom. The summed E-state index contributed by atoms with van der Waals surface area (Å²) in [5, 5.41) is 11.9. The summed E-state index contributed by atoms with van der Waals surface area (Å²) in [5.41, 5.74) is -0.643. The summed E-state index contributed by atoms with van der Waals surface area (Å²) < 4.78 is 5.02. The number of hydrogen-bond acceptors (Lipinski definition) is 5. The maximum atomic E-state index is 11.7. The van der Waals surface area contributed by atoms with Crippen LogP contribution in [0.2, 0.25) is 0 Å². The van der Waals surface area contributed by atoms with Crippen molar-refractivity contribution in [3.05, 3.63) is 0 Å². The van der Waals surface area contributed by atoms with Gasteiger partial charge in [-0.05, 0) is 32.6 Å². The Kier molecular flexibility index (Phi) is 7.80. The summed E-state index contributed by atoms with van der Waals surface area (Å²) >= 11 is 1.65. The van der Waals surface area contributed by atoms with Crippen LogP contribution < -0.4 is 5.32 Å². The SMILES string of the molecule is CCOC(=O)C(C)(CSCC(C)CO)NC. The minimum atomic E-state index is -0.643. The fourth-order valence-electron chi connectivity index (χ4n) is 1.04. The van der Waals surface area contributed by atoms with Gasteiger partial charge < -0.3 is 15.2 Å². The number of likely N-dealkylation sites (N-methyl/N-ethyl adjacent to an activating group) is 1. The van der Waals surface area contributed by atoms with Crippen LogP contribution in [-0.4, -0.2) is 48.4 Å². The van der Waals surface area contributed by atoms with Crippen LogP contribution in [0, 0.1) is 5.92 Å². The van der Waals surface area contributed by atoms with Crippen LogP contribution in [0.3, 0.4) is 0 Å². The fourth-order valence-corrected chi connectivity index (χ4v) is 2.34. The Morgan fingerprint density at radius 3 is 2.69 bits per heavy atom. The Balaban J connectivity index is 4.11. The molecule has 2 atom stereocenters. The molecule has 16 heavy (non-hydrogen) atoms. The van der Waals surface area contributed by atoms with E-state index in [0.717, 1.165) is 5.75 Å². The van der Waals surface area contributed by atoms with Gasteiger partial charge in [-0.25, -0.2) is 0 Å². The van der Waals surface area contributed by atoms with Gasteiger partial charge in [0.2, 0.25) is 0 Å². The third-order valence-electron chi connectivity index (χ3n) is 2.38. The van der Waals surface area contributed by atoms with Crippen LogP contribution in [0.1, 0.15) is 20.8 Å². The molecule has 0 saturated carbocycles.